The summed E-state index contributed by atoms with van der Waals surface area (Å²) in [5, 5.41) is 17.5. The maximum Gasteiger partial charge on any atom is 0.116 e. The lowest BCUT2D eigenvalue weighted by molar-refractivity contribution is 0.206. The van der Waals surface area contributed by atoms with Gasteiger partial charge in [0.2, 0.25) is 0 Å². The zero-order valence-corrected chi connectivity index (χ0v) is 7.31. The average Bonchev–Trinajstić information content (AvgIpc) is 2.11. The number of nitrogens with zero attached hydrogens (tertiary/aromatic N) is 2. The summed E-state index contributed by atoms with van der Waals surface area (Å²) in [4.78, 5) is 0. The van der Waals surface area contributed by atoms with Crippen LogP contribution in [-0.2, 0) is 0 Å². The van der Waals surface area contributed by atoms with Crippen LogP contribution in [0.2, 0.25) is 0 Å². The van der Waals surface area contributed by atoms with Crippen molar-refractivity contribution in [2.75, 3.05) is 0 Å². The maximum absolute atomic E-state index is 8.76. The van der Waals surface area contributed by atoms with E-state index >= 15 is 0 Å². The number of hydrazine groups is 1. The van der Waals surface area contributed by atoms with Crippen molar-refractivity contribution < 1.29 is 0 Å². The van der Waals surface area contributed by atoms with Crippen molar-refractivity contribution in [1.82, 2.24) is 10.9 Å². The molecule has 0 aromatic heterocycles. The molecule has 2 unspecified atom stereocenters. The fourth-order valence-corrected chi connectivity index (χ4v) is 1.07. The van der Waals surface area contributed by atoms with Crippen molar-refractivity contribution in [2.45, 2.75) is 37.8 Å². The van der Waals surface area contributed by atoms with Gasteiger partial charge in [-0.3, -0.25) is 0 Å². The van der Waals surface area contributed by atoms with Crippen molar-refractivity contribution in [1.29, 1.82) is 10.5 Å². The highest BCUT2D eigenvalue weighted by Gasteiger charge is 2.36. The Morgan fingerprint density at radius 3 is 1.50 bits per heavy atom. The van der Waals surface area contributed by atoms with Gasteiger partial charge in [0.25, 0.3) is 0 Å². The molecule has 4 nitrogen and oxygen atoms in total. The number of nitrogens with one attached hydrogen (secondary N) is 2. The van der Waals surface area contributed by atoms with Crippen LogP contribution in [0.15, 0.2) is 0 Å². The Kier molecular flexibility index (Phi) is 2.06. The van der Waals surface area contributed by atoms with E-state index in [0.29, 0.717) is 12.8 Å². The Hall–Kier alpha value is -1.10. The standard InChI is InChI=1S/C8H12N4/c1-7(5-9)3-4-8(2,6-10)12-11-7/h11-12H,3-4H2,1-2H3. The SMILES string of the molecule is CC1(C#N)CCC(C)(C#N)NN1. The molecule has 0 bridgehead atoms. The highest BCUT2D eigenvalue weighted by Crippen LogP contribution is 2.22. The second kappa shape index (κ2) is 2.75. The quantitative estimate of drug-likeness (QED) is 0.545. The van der Waals surface area contributed by atoms with Gasteiger partial charge in [0.1, 0.15) is 11.1 Å². The molecule has 0 aromatic carbocycles. The van der Waals surface area contributed by atoms with Crippen LogP contribution in [0.5, 0.6) is 0 Å². The Labute approximate surface area is 72.1 Å². The van der Waals surface area contributed by atoms with Crippen LogP contribution in [0.3, 0.4) is 0 Å². The van der Waals surface area contributed by atoms with Crippen molar-refractivity contribution >= 4 is 0 Å². The smallest absolute Gasteiger partial charge is 0.116 e. The first-order valence-corrected chi connectivity index (χ1v) is 3.90. The Balaban J connectivity index is 2.64. The van der Waals surface area contributed by atoms with E-state index in [1.807, 2.05) is 13.8 Å². The van der Waals surface area contributed by atoms with E-state index in [4.69, 9.17) is 10.5 Å². The molecule has 1 saturated heterocycles. The third-order valence-electron chi connectivity index (χ3n) is 2.23. The van der Waals surface area contributed by atoms with Crippen LogP contribution >= 0.6 is 0 Å². The normalized spacial score (nSPS) is 41.3. The second-order valence-corrected chi connectivity index (χ2v) is 3.64. The van der Waals surface area contributed by atoms with Crippen molar-refractivity contribution in [3.63, 3.8) is 0 Å². The van der Waals surface area contributed by atoms with Gasteiger partial charge in [0.05, 0.1) is 12.1 Å². The summed E-state index contributed by atoms with van der Waals surface area (Å²) >= 11 is 0. The minimum atomic E-state index is -0.531. The van der Waals surface area contributed by atoms with Gasteiger partial charge in [-0.1, -0.05) is 0 Å². The number of hydrogen-bond acceptors (Lipinski definition) is 4. The number of rotatable bonds is 0. The van der Waals surface area contributed by atoms with Gasteiger partial charge in [-0.15, -0.1) is 0 Å². The van der Waals surface area contributed by atoms with E-state index in [1.165, 1.54) is 0 Å². The summed E-state index contributed by atoms with van der Waals surface area (Å²) in [6, 6.07) is 4.32. The Bertz CT molecular complexity index is 221. The molecule has 2 atom stereocenters. The van der Waals surface area contributed by atoms with Crippen LogP contribution in [-0.4, -0.2) is 11.1 Å². The zero-order chi connectivity index (χ0) is 9.24. The van der Waals surface area contributed by atoms with Crippen LogP contribution in [0.25, 0.3) is 0 Å². The summed E-state index contributed by atoms with van der Waals surface area (Å²) in [7, 11) is 0. The fraction of sp³-hybridized carbons (Fsp3) is 0.750. The second-order valence-electron chi connectivity index (χ2n) is 3.64. The molecular formula is C8H12N4. The monoisotopic (exact) mass is 164 g/mol. The van der Waals surface area contributed by atoms with Crippen molar-refractivity contribution in [3.8, 4) is 12.1 Å². The summed E-state index contributed by atoms with van der Waals surface area (Å²) in [6.07, 6.45) is 1.39. The molecule has 0 amide bonds. The van der Waals surface area contributed by atoms with Crippen molar-refractivity contribution in [3.05, 3.63) is 0 Å². The van der Waals surface area contributed by atoms with Gasteiger partial charge in [-0.25, -0.2) is 10.9 Å². The molecule has 0 spiro atoms. The van der Waals surface area contributed by atoms with E-state index in [-0.39, 0.29) is 0 Å². The first-order valence-electron chi connectivity index (χ1n) is 3.90. The lowest BCUT2D eigenvalue weighted by atomic mass is 9.87. The van der Waals surface area contributed by atoms with Crippen LogP contribution in [0, 0.1) is 22.7 Å². The lowest BCUT2D eigenvalue weighted by Gasteiger charge is -2.37. The predicted octanol–water partition coefficient (Wildman–Crippen LogP) is 0.439. The molecule has 1 heterocycles. The fourth-order valence-electron chi connectivity index (χ4n) is 1.07. The molecule has 0 aromatic rings. The van der Waals surface area contributed by atoms with Gasteiger partial charge in [0.15, 0.2) is 0 Å². The molecule has 64 valence electrons. The van der Waals surface area contributed by atoms with Crippen LogP contribution in [0.4, 0.5) is 0 Å². The minimum absolute atomic E-state index is 0.531. The Morgan fingerprint density at radius 2 is 1.33 bits per heavy atom. The Morgan fingerprint density at radius 1 is 1.00 bits per heavy atom. The van der Waals surface area contributed by atoms with Crippen LogP contribution in [0.1, 0.15) is 26.7 Å². The van der Waals surface area contributed by atoms with Gasteiger partial charge < -0.3 is 0 Å². The summed E-state index contributed by atoms with van der Waals surface area (Å²) in [6.45, 7) is 3.63. The summed E-state index contributed by atoms with van der Waals surface area (Å²) in [5.74, 6) is 0. The first-order chi connectivity index (χ1) is 5.54. The molecule has 1 aliphatic rings. The molecule has 0 saturated carbocycles. The van der Waals surface area contributed by atoms with Gasteiger partial charge in [0, 0.05) is 0 Å². The van der Waals surface area contributed by atoms with E-state index in [2.05, 4.69) is 23.0 Å². The van der Waals surface area contributed by atoms with E-state index in [0.717, 1.165) is 0 Å². The number of nitriles is 2. The third kappa shape index (κ3) is 1.55. The molecule has 2 N–H and O–H groups in total. The van der Waals surface area contributed by atoms with E-state index in [1.54, 1.807) is 0 Å². The molecule has 4 heteroatoms. The topological polar surface area (TPSA) is 71.6 Å². The molecule has 0 aliphatic carbocycles. The van der Waals surface area contributed by atoms with E-state index < -0.39 is 11.1 Å². The largest absolute Gasteiger partial charge is 0.236 e. The average molecular weight is 164 g/mol. The lowest BCUT2D eigenvalue weighted by Crippen LogP contribution is -2.62. The summed E-state index contributed by atoms with van der Waals surface area (Å²) < 4.78 is 0. The molecule has 0 radical (unpaired) electrons. The minimum Gasteiger partial charge on any atom is -0.236 e. The number of hydrogen-bond donors (Lipinski definition) is 2. The van der Waals surface area contributed by atoms with Gasteiger partial charge in [-0.05, 0) is 26.7 Å². The highest BCUT2D eigenvalue weighted by atomic mass is 15.4. The maximum atomic E-state index is 8.76. The molecule has 12 heavy (non-hydrogen) atoms. The van der Waals surface area contributed by atoms with Gasteiger partial charge in [-0.2, -0.15) is 10.5 Å². The predicted molar refractivity (Wildman–Crippen MR) is 43.5 cm³/mol. The van der Waals surface area contributed by atoms with Gasteiger partial charge >= 0.3 is 0 Å². The first kappa shape index (κ1) is 8.99. The molecule has 1 aliphatic heterocycles. The molecule has 1 rings (SSSR count). The highest BCUT2D eigenvalue weighted by molar-refractivity contribution is 5.13. The summed E-state index contributed by atoms with van der Waals surface area (Å²) in [5.41, 5.74) is 4.64. The van der Waals surface area contributed by atoms with E-state index in [9.17, 15) is 0 Å². The zero-order valence-electron chi connectivity index (χ0n) is 7.31. The molecule has 1 fully saturated rings. The van der Waals surface area contributed by atoms with Crippen LogP contribution < -0.4 is 10.9 Å². The molecular weight excluding hydrogens is 152 g/mol. The van der Waals surface area contributed by atoms with Crippen molar-refractivity contribution in [2.24, 2.45) is 0 Å². The third-order valence-corrected chi connectivity index (χ3v) is 2.23.